The quantitative estimate of drug-likeness (QED) is 0.765. The Bertz CT molecular complexity index is 822. The molecule has 0 unspecified atom stereocenters. The van der Waals surface area contributed by atoms with Crippen LogP contribution in [0.2, 0.25) is 0 Å². The van der Waals surface area contributed by atoms with Gasteiger partial charge in [0.1, 0.15) is 23.4 Å². The first kappa shape index (κ1) is 18.6. The van der Waals surface area contributed by atoms with Gasteiger partial charge in [-0.15, -0.1) is 0 Å². The van der Waals surface area contributed by atoms with Gasteiger partial charge < -0.3 is 19.5 Å². The van der Waals surface area contributed by atoms with Crippen LogP contribution < -0.4 is 19.5 Å². The summed E-state index contributed by atoms with van der Waals surface area (Å²) >= 11 is 3.41. The molecule has 2 aromatic rings. The maximum atomic E-state index is 12.6. The fourth-order valence-corrected chi connectivity index (χ4v) is 3.41. The number of ether oxygens (including phenoxy) is 3. The lowest BCUT2D eigenvalue weighted by atomic mass is 10.1. The predicted octanol–water partition coefficient (Wildman–Crippen LogP) is 4.11. The Morgan fingerprint density at radius 3 is 2.88 bits per heavy atom. The molecule has 2 aromatic carbocycles. The molecule has 138 valence electrons. The summed E-state index contributed by atoms with van der Waals surface area (Å²) in [6.45, 7) is 4.91. The molecule has 0 fully saturated rings. The number of carbonyl (C=O) groups excluding carboxylic acids is 1. The Kier molecular flexibility index (Phi) is 5.71. The normalized spacial score (nSPS) is 15.2. The first-order valence-electron chi connectivity index (χ1n) is 8.58. The third-order valence-electron chi connectivity index (χ3n) is 4.24. The first-order valence-corrected chi connectivity index (χ1v) is 9.38. The zero-order valence-corrected chi connectivity index (χ0v) is 16.7. The van der Waals surface area contributed by atoms with Crippen molar-refractivity contribution in [1.82, 2.24) is 5.32 Å². The summed E-state index contributed by atoms with van der Waals surface area (Å²) in [6.07, 6.45) is 1.04. The van der Waals surface area contributed by atoms with Crippen molar-refractivity contribution in [3.63, 3.8) is 0 Å². The molecule has 0 aliphatic carbocycles. The van der Waals surface area contributed by atoms with Gasteiger partial charge >= 0.3 is 0 Å². The highest BCUT2D eigenvalue weighted by Crippen LogP contribution is 2.35. The van der Waals surface area contributed by atoms with Gasteiger partial charge in [0.2, 0.25) is 0 Å². The molecular weight excluding hydrogens is 398 g/mol. The van der Waals surface area contributed by atoms with Crippen molar-refractivity contribution < 1.29 is 19.0 Å². The number of methoxy groups -OCH3 is 1. The zero-order chi connectivity index (χ0) is 18.7. The fourth-order valence-electron chi connectivity index (χ4n) is 2.99. The zero-order valence-electron chi connectivity index (χ0n) is 15.1. The van der Waals surface area contributed by atoms with Crippen LogP contribution in [-0.2, 0) is 13.0 Å². The van der Waals surface area contributed by atoms with E-state index in [2.05, 4.69) is 21.2 Å². The van der Waals surface area contributed by atoms with Crippen LogP contribution in [0.3, 0.4) is 0 Å². The van der Waals surface area contributed by atoms with Crippen LogP contribution >= 0.6 is 15.9 Å². The van der Waals surface area contributed by atoms with Crippen molar-refractivity contribution in [2.24, 2.45) is 0 Å². The SMILES string of the molecule is CCOc1cc2c(cc1CNC(=O)c1cc(OC)ccc1Br)O[C@H](C)C2. The number of benzene rings is 2. The smallest absolute Gasteiger partial charge is 0.252 e. The summed E-state index contributed by atoms with van der Waals surface area (Å²) in [7, 11) is 1.57. The molecule has 0 aromatic heterocycles. The van der Waals surface area contributed by atoms with Crippen LogP contribution in [0.25, 0.3) is 0 Å². The van der Waals surface area contributed by atoms with Gasteiger partial charge in [-0.1, -0.05) is 0 Å². The Balaban J connectivity index is 1.79. The Labute approximate surface area is 161 Å². The van der Waals surface area contributed by atoms with E-state index < -0.39 is 0 Å². The lowest BCUT2D eigenvalue weighted by Crippen LogP contribution is -2.23. The van der Waals surface area contributed by atoms with Gasteiger partial charge in [0.15, 0.2) is 0 Å². The molecule has 0 radical (unpaired) electrons. The van der Waals surface area contributed by atoms with E-state index in [1.54, 1.807) is 25.3 Å². The van der Waals surface area contributed by atoms with Crippen molar-refractivity contribution in [3.05, 3.63) is 51.5 Å². The largest absolute Gasteiger partial charge is 0.497 e. The van der Waals surface area contributed by atoms with Crippen molar-refractivity contribution >= 4 is 21.8 Å². The van der Waals surface area contributed by atoms with Crippen LogP contribution in [0.1, 0.15) is 35.3 Å². The molecule has 0 saturated carbocycles. The van der Waals surface area contributed by atoms with E-state index in [9.17, 15) is 4.79 Å². The summed E-state index contributed by atoms with van der Waals surface area (Å²) in [5, 5.41) is 2.95. The molecule has 0 spiro atoms. The standard InChI is InChI=1S/C20H22BrNO4/c1-4-25-18-8-13-7-12(2)26-19(13)9-14(18)11-22-20(23)16-10-15(24-3)5-6-17(16)21/h5-6,8-10,12H,4,7,11H2,1-3H3,(H,22,23)/t12-/m1/s1. The van der Waals surface area contributed by atoms with E-state index in [0.717, 1.165) is 29.0 Å². The van der Waals surface area contributed by atoms with Gasteiger partial charge in [-0.25, -0.2) is 0 Å². The molecule has 26 heavy (non-hydrogen) atoms. The number of hydrogen-bond donors (Lipinski definition) is 1. The van der Waals surface area contributed by atoms with E-state index in [-0.39, 0.29) is 12.0 Å². The highest BCUT2D eigenvalue weighted by molar-refractivity contribution is 9.10. The van der Waals surface area contributed by atoms with E-state index in [4.69, 9.17) is 14.2 Å². The Morgan fingerprint density at radius 1 is 1.35 bits per heavy atom. The summed E-state index contributed by atoms with van der Waals surface area (Å²) in [5.41, 5.74) is 2.56. The molecule has 6 heteroatoms. The molecule has 1 N–H and O–H groups in total. The van der Waals surface area contributed by atoms with Crippen LogP contribution in [0.4, 0.5) is 0 Å². The van der Waals surface area contributed by atoms with Crippen molar-refractivity contribution in [1.29, 1.82) is 0 Å². The van der Waals surface area contributed by atoms with Crippen molar-refractivity contribution in [2.45, 2.75) is 32.9 Å². The lowest BCUT2D eigenvalue weighted by Gasteiger charge is -2.14. The number of halogens is 1. The maximum Gasteiger partial charge on any atom is 0.252 e. The van der Waals surface area contributed by atoms with Crippen molar-refractivity contribution in [2.75, 3.05) is 13.7 Å². The summed E-state index contributed by atoms with van der Waals surface area (Å²) < 4.78 is 17.5. The van der Waals surface area contributed by atoms with Gasteiger partial charge in [-0.2, -0.15) is 0 Å². The highest BCUT2D eigenvalue weighted by Gasteiger charge is 2.22. The average Bonchev–Trinajstić information content (AvgIpc) is 2.99. The number of carbonyl (C=O) groups is 1. The second-order valence-electron chi connectivity index (χ2n) is 6.16. The van der Waals surface area contributed by atoms with Gasteiger partial charge in [0, 0.05) is 28.6 Å². The van der Waals surface area contributed by atoms with Gasteiger partial charge in [0.25, 0.3) is 5.91 Å². The second-order valence-corrected chi connectivity index (χ2v) is 7.02. The van der Waals surface area contributed by atoms with Crippen LogP contribution in [-0.4, -0.2) is 25.7 Å². The number of fused-ring (bicyclic) bond motifs is 1. The predicted molar refractivity (Wildman–Crippen MR) is 103 cm³/mol. The second kappa shape index (κ2) is 7.99. The lowest BCUT2D eigenvalue weighted by molar-refractivity contribution is 0.0949. The molecule has 1 amide bonds. The van der Waals surface area contributed by atoms with E-state index in [1.165, 1.54) is 0 Å². The highest BCUT2D eigenvalue weighted by atomic mass is 79.9. The minimum atomic E-state index is -0.187. The minimum Gasteiger partial charge on any atom is -0.497 e. The van der Waals surface area contributed by atoms with Gasteiger partial charge in [-0.3, -0.25) is 4.79 Å². The third-order valence-corrected chi connectivity index (χ3v) is 4.93. The number of nitrogens with one attached hydrogen (secondary N) is 1. The molecule has 0 bridgehead atoms. The van der Waals surface area contributed by atoms with Gasteiger partial charge in [-0.05, 0) is 60.1 Å². The van der Waals surface area contributed by atoms with E-state index >= 15 is 0 Å². The maximum absolute atomic E-state index is 12.6. The Hall–Kier alpha value is -2.21. The first-order chi connectivity index (χ1) is 12.5. The molecule has 1 aliphatic heterocycles. The average molecular weight is 420 g/mol. The Morgan fingerprint density at radius 2 is 2.15 bits per heavy atom. The van der Waals surface area contributed by atoms with Gasteiger partial charge in [0.05, 0.1) is 19.3 Å². The summed E-state index contributed by atoms with van der Waals surface area (Å²) in [4.78, 5) is 12.6. The summed E-state index contributed by atoms with van der Waals surface area (Å²) in [5.74, 6) is 2.10. The van der Waals surface area contributed by atoms with Crippen molar-refractivity contribution in [3.8, 4) is 17.2 Å². The van der Waals surface area contributed by atoms with Crippen LogP contribution in [0.15, 0.2) is 34.8 Å². The molecule has 5 nitrogen and oxygen atoms in total. The molecule has 1 heterocycles. The van der Waals surface area contributed by atoms with E-state index in [0.29, 0.717) is 28.9 Å². The number of rotatable bonds is 6. The van der Waals surface area contributed by atoms with E-state index in [1.807, 2.05) is 26.0 Å². The topological polar surface area (TPSA) is 56.8 Å². The molecule has 0 saturated heterocycles. The number of hydrogen-bond acceptors (Lipinski definition) is 4. The molecular formula is C20H22BrNO4. The minimum absolute atomic E-state index is 0.164. The summed E-state index contributed by atoms with van der Waals surface area (Å²) in [6, 6.07) is 9.28. The molecule has 3 rings (SSSR count). The monoisotopic (exact) mass is 419 g/mol. The van der Waals surface area contributed by atoms with Crippen LogP contribution in [0, 0.1) is 0 Å². The molecule has 1 aliphatic rings. The fraction of sp³-hybridized carbons (Fsp3) is 0.350. The molecule has 1 atom stereocenters. The van der Waals surface area contributed by atoms with Crippen LogP contribution in [0.5, 0.6) is 17.2 Å². The number of amides is 1. The third kappa shape index (κ3) is 3.96.